The van der Waals surface area contributed by atoms with E-state index in [2.05, 4.69) is 47.5 Å². The minimum Gasteiger partial charge on any atom is -0.235 e. The number of thiazole rings is 1. The molecular weight excluding hydrogens is 348 g/mol. The van der Waals surface area contributed by atoms with Gasteiger partial charge in [-0.25, -0.2) is 4.98 Å². The van der Waals surface area contributed by atoms with E-state index in [1.807, 2.05) is 60.0 Å². The summed E-state index contributed by atoms with van der Waals surface area (Å²) in [5.74, 6) is 0. The van der Waals surface area contributed by atoms with Crippen molar-refractivity contribution in [2.45, 2.75) is 0 Å². The number of hydrogen-bond acceptors (Lipinski definition) is 3. The van der Waals surface area contributed by atoms with Gasteiger partial charge in [-0.05, 0) is 22.8 Å². The second-order valence-corrected chi connectivity index (χ2v) is 6.92. The number of nitrogens with zero attached hydrogens (tertiary/aromatic N) is 2. The Morgan fingerprint density at radius 1 is 0.778 bits per heavy atom. The Kier molecular flexibility index (Phi) is 4.91. The van der Waals surface area contributed by atoms with Crippen LogP contribution in [-0.4, -0.2) is 4.98 Å². The Morgan fingerprint density at radius 2 is 1.37 bits per heavy atom. The van der Waals surface area contributed by atoms with Crippen molar-refractivity contribution in [2.24, 2.45) is 0 Å². The van der Waals surface area contributed by atoms with Gasteiger partial charge in [-0.3, -0.25) is 0 Å². The van der Waals surface area contributed by atoms with Crippen molar-refractivity contribution in [3.05, 3.63) is 101 Å². The standard InChI is InChI=1S/C24H16N2S/c25-16-22(15-18-7-3-1-4-8-18)24-26-23(17-27-24)21-13-11-20(12-14-21)19-9-5-2-6-10-19/h1-15,17H/b22-15+. The van der Waals surface area contributed by atoms with Crippen LogP contribution in [0.4, 0.5) is 0 Å². The summed E-state index contributed by atoms with van der Waals surface area (Å²) >= 11 is 1.49. The monoisotopic (exact) mass is 364 g/mol. The lowest BCUT2D eigenvalue weighted by Gasteiger charge is -2.02. The van der Waals surface area contributed by atoms with E-state index < -0.39 is 0 Å². The molecule has 0 aliphatic carbocycles. The van der Waals surface area contributed by atoms with Crippen molar-refractivity contribution in [1.29, 1.82) is 5.26 Å². The van der Waals surface area contributed by atoms with Crippen LogP contribution in [0.1, 0.15) is 10.6 Å². The summed E-state index contributed by atoms with van der Waals surface area (Å²) in [6, 6.07) is 30.8. The third-order valence-corrected chi connectivity index (χ3v) is 5.13. The van der Waals surface area contributed by atoms with Crippen molar-refractivity contribution in [1.82, 2.24) is 4.98 Å². The molecule has 0 N–H and O–H groups in total. The van der Waals surface area contributed by atoms with Crippen LogP contribution in [0.3, 0.4) is 0 Å². The Hall–Kier alpha value is -3.48. The third-order valence-electron chi connectivity index (χ3n) is 4.25. The van der Waals surface area contributed by atoms with Crippen LogP contribution in [0, 0.1) is 11.3 Å². The maximum atomic E-state index is 9.53. The van der Waals surface area contributed by atoms with Gasteiger partial charge in [0, 0.05) is 10.9 Å². The van der Waals surface area contributed by atoms with Crippen LogP contribution >= 0.6 is 11.3 Å². The Bertz CT molecular complexity index is 1100. The van der Waals surface area contributed by atoms with Crippen LogP contribution < -0.4 is 0 Å². The summed E-state index contributed by atoms with van der Waals surface area (Å²) < 4.78 is 0. The van der Waals surface area contributed by atoms with Crippen molar-refractivity contribution < 1.29 is 0 Å². The molecule has 4 rings (SSSR count). The van der Waals surface area contributed by atoms with E-state index in [9.17, 15) is 5.26 Å². The first-order valence-electron chi connectivity index (χ1n) is 8.62. The first-order chi connectivity index (χ1) is 13.3. The number of rotatable bonds is 4. The lowest BCUT2D eigenvalue weighted by atomic mass is 10.0. The smallest absolute Gasteiger partial charge is 0.134 e. The lowest BCUT2D eigenvalue weighted by molar-refractivity contribution is 1.37. The van der Waals surface area contributed by atoms with Crippen molar-refractivity contribution in [3.63, 3.8) is 0 Å². The van der Waals surface area contributed by atoms with Crippen LogP contribution in [0.5, 0.6) is 0 Å². The number of allylic oxidation sites excluding steroid dienone is 1. The average molecular weight is 364 g/mol. The number of benzene rings is 3. The van der Waals surface area contributed by atoms with Crippen LogP contribution in [0.15, 0.2) is 90.3 Å². The molecule has 3 aromatic carbocycles. The zero-order valence-electron chi connectivity index (χ0n) is 14.5. The molecule has 0 saturated carbocycles. The fraction of sp³-hybridized carbons (Fsp3) is 0. The third kappa shape index (κ3) is 3.87. The maximum absolute atomic E-state index is 9.53. The molecule has 0 fully saturated rings. The van der Waals surface area contributed by atoms with Crippen LogP contribution in [-0.2, 0) is 0 Å². The molecule has 128 valence electrons. The molecule has 0 unspecified atom stereocenters. The highest BCUT2D eigenvalue weighted by Gasteiger charge is 2.09. The van der Waals surface area contributed by atoms with Crippen LogP contribution in [0.25, 0.3) is 34.0 Å². The zero-order chi connectivity index (χ0) is 18.5. The molecule has 4 aromatic rings. The number of hydrogen-bond donors (Lipinski definition) is 0. The van der Waals surface area contributed by atoms with Gasteiger partial charge in [0.2, 0.25) is 0 Å². The van der Waals surface area contributed by atoms with E-state index in [-0.39, 0.29) is 0 Å². The first kappa shape index (κ1) is 17.0. The molecule has 1 aromatic heterocycles. The van der Waals surface area contributed by atoms with Gasteiger partial charge >= 0.3 is 0 Å². The molecule has 0 amide bonds. The molecule has 0 radical (unpaired) electrons. The van der Waals surface area contributed by atoms with Gasteiger partial charge in [-0.15, -0.1) is 11.3 Å². The van der Waals surface area contributed by atoms with Gasteiger partial charge < -0.3 is 0 Å². The van der Waals surface area contributed by atoms with Gasteiger partial charge in [-0.2, -0.15) is 5.26 Å². The van der Waals surface area contributed by atoms with Crippen molar-refractivity contribution in [3.8, 4) is 28.5 Å². The molecule has 0 saturated heterocycles. The second-order valence-electron chi connectivity index (χ2n) is 6.06. The van der Waals surface area contributed by atoms with E-state index in [1.165, 1.54) is 22.5 Å². The van der Waals surface area contributed by atoms with Gasteiger partial charge in [0.1, 0.15) is 11.1 Å². The summed E-state index contributed by atoms with van der Waals surface area (Å²) in [4.78, 5) is 4.68. The molecule has 3 heteroatoms. The number of nitriles is 1. The van der Waals surface area contributed by atoms with E-state index in [4.69, 9.17) is 0 Å². The Balaban J connectivity index is 1.61. The van der Waals surface area contributed by atoms with Gasteiger partial charge in [0.05, 0.1) is 11.3 Å². The van der Waals surface area contributed by atoms with E-state index in [0.29, 0.717) is 5.57 Å². The van der Waals surface area contributed by atoms with Gasteiger partial charge in [-0.1, -0.05) is 84.9 Å². The molecule has 0 spiro atoms. The quantitative estimate of drug-likeness (QED) is 0.385. The van der Waals surface area contributed by atoms with E-state index >= 15 is 0 Å². The topological polar surface area (TPSA) is 36.7 Å². The van der Waals surface area contributed by atoms with E-state index in [0.717, 1.165) is 21.8 Å². The molecule has 0 bridgehead atoms. The highest BCUT2D eigenvalue weighted by Crippen LogP contribution is 2.29. The number of aromatic nitrogens is 1. The first-order valence-corrected chi connectivity index (χ1v) is 9.50. The Morgan fingerprint density at radius 3 is 2.04 bits per heavy atom. The average Bonchev–Trinajstić information content (AvgIpc) is 3.23. The largest absolute Gasteiger partial charge is 0.235 e. The molecule has 2 nitrogen and oxygen atoms in total. The normalized spacial score (nSPS) is 11.1. The summed E-state index contributed by atoms with van der Waals surface area (Å²) in [5.41, 5.74) is 5.89. The SMILES string of the molecule is N#C/C(=C\c1ccccc1)c1nc(-c2ccc(-c3ccccc3)cc2)cs1. The molecule has 0 aliphatic rings. The predicted octanol–water partition coefficient (Wildman–Crippen LogP) is 6.54. The minimum atomic E-state index is 0.582. The summed E-state index contributed by atoms with van der Waals surface area (Å²) in [6.45, 7) is 0. The minimum absolute atomic E-state index is 0.582. The van der Waals surface area contributed by atoms with E-state index in [1.54, 1.807) is 0 Å². The molecular formula is C24H16N2S. The molecule has 27 heavy (non-hydrogen) atoms. The predicted molar refractivity (Wildman–Crippen MR) is 113 cm³/mol. The lowest BCUT2D eigenvalue weighted by Crippen LogP contribution is -1.83. The molecule has 0 atom stereocenters. The van der Waals surface area contributed by atoms with Crippen LogP contribution in [0.2, 0.25) is 0 Å². The highest BCUT2D eigenvalue weighted by molar-refractivity contribution is 7.11. The van der Waals surface area contributed by atoms with Crippen molar-refractivity contribution in [2.75, 3.05) is 0 Å². The summed E-state index contributed by atoms with van der Waals surface area (Å²) in [5, 5.41) is 12.3. The Labute approximate surface area is 162 Å². The molecule has 1 heterocycles. The van der Waals surface area contributed by atoms with Crippen molar-refractivity contribution >= 4 is 23.0 Å². The van der Waals surface area contributed by atoms with Gasteiger partial charge in [0.15, 0.2) is 0 Å². The maximum Gasteiger partial charge on any atom is 0.134 e. The highest BCUT2D eigenvalue weighted by atomic mass is 32.1. The molecule has 0 aliphatic heterocycles. The second kappa shape index (κ2) is 7.82. The fourth-order valence-corrected chi connectivity index (χ4v) is 3.65. The summed E-state index contributed by atoms with van der Waals surface area (Å²) in [6.07, 6.45) is 1.88. The van der Waals surface area contributed by atoms with Gasteiger partial charge in [0.25, 0.3) is 0 Å². The summed E-state index contributed by atoms with van der Waals surface area (Å²) in [7, 11) is 0. The zero-order valence-corrected chi connectivity index (χ0v) is 15.4. The fourth-order valence-electron chi connectivity index (χ4n) is 2.85.